The number of benzene rings is 2. The van der Waals surface area contributed by atoms with Crippen molar-refractivity contribution in [1.82, 2.24) is 9.55 Å². The molecule has 1 aromatic heterocycles. The third kappa shape index (κ3) is 2.67. The van der Waals surface area contributed by atoms with Crippen molar-refractivity contribution >= 4 is 28.6 Å². The first-order valence-corrected chi connectivity index (χ1v) is 8.14. The van der Waals surface area contributed by atoms with Crippen molar-refractivity contribution in [3.63, 3.8) is 0 Å². The van der Waals surface area contributed by atoms with Crippen molar-refractivity contribution in [3.05, 3.63) is 60.3 Å². The molecule has 6 nitrogen and oxygen atoms in total. The second-order valence-electron chi connectivity index (χ2n) is 6.02. The Labute approximate surface area is 150 Å². The van der Waals surface area contributed by atoms with E-state index in [1.807, 2.05) is 54.0 Å². The Kier molecular flexibility index (Phi) is 3.84. The zero-order valence-electron chi connectivity index (χ0n) is 14.4. The molecule has 7 heteroatoms. The monoisotopic (exact) mass is 351 g/mol. The topological polar surface area (TPSA) is 68.7 Å². The maximum Gasteiger partial charge on any atom is 0.208 e. The van der Waals surface area contributed by atoms with Crippen molar-refractivity contribution in [1.29, 1.82) is 0 Å². The lowest BCUT2D eigenvalue weighted by molar-refractivity contribution is 0.414. The second-order valence-corrected chi connectivity index (χ2v) is 6.02. The van der Waals surface area contributed by atoms with Gasteiger partial charge in [-0.15, -0.1) is 0 Å². The van der Waals surface area contributed by atoms with Crippen LogP contribution in [0.5, 0.6) is 5.75 Å². The van der Waals surface area contributed by atoms with Gasteiger partial charge in [-0.3, -0.25) is 4.57 Å². The van der Waals surface area contributed by atoms with E-state index in [4.69, 9.17) is 10.5 Å². The number of aryl methyl sites for hydroxylation is 1. The van der Waals surface area contributed by atoms with E-state index >= 15 is 0 Å². The van der Waals surface area contributed by atoms with Crippen LogP contribution in [0.2, 0.25) is 0 Å². The zero-order valence-corrected chi connectivity index (χ0v) is 14.4. The third-order valence-corrected chi connectivity index (χ3v) is 4.33. The lowest BCUT2D eigenvalue weighted by Crippen LogP contribution is -2.30. The fraction of sp³-hybridized carbons (Fsp3) is 0.158. The molecule has 26 heavy (non-hydrogen) atoms. The predicted octanol–water partition coefficient (Wildman–Crippen LogP) is 3.79. The molecule has 0 amide bonds. The lowest BCUT2D eigenvalue weighted by atomic mass is 10.2. The van der Waals surface area contributed by atoms with Crippen molar-refractivity contribution in [2.24, 2.45) is 4.99 Å². The average molecular weight is 351 g/mol. The van der Waals surface area contributed by atoms with Crippen LogP contribution in [0.25, 0.3) is 11.0 Å². The van der Waals surface area contributed by atoms with Crippen molar-refractivity contribution in [3.8, 4) is 5.75 Å². The van der Waals surface area contributed by atoms with Gasteiger partial charge >= 0.3 is 0 Å². The fourth-order valence-corrected chi connectivity index (χ4v) is 3.12. The molecule has 1 atom stereocenters. The highest BCUT2D eigenvalue weighted by Gasteiger charge is 2.25. The van der Waals surface area contributed by atoms with Crippen LogP contribution in [-0.2, 0) is 0 Å². The molecule has 0 saturated carbocycles. The normalized spacial score (nSPS) is 16.8. The number of aliphatic imine (C=N–C) groups is 1. The van der Waals surface area contributed by atoms with Gasteiger partial charge in [0, 0.05) is 17.6 Å². The summed E-state index contributed by atoms with van der Waals surface area (Å²) in [6.45, 7) is 1.90. The number of methoxy groups -OCH3 is 1. The molecule has 2 N–H and O–H groups in total. The number of hydrogen-bond acceptors (Lipinski definition) is 5. The van der Waals surface area contributed by atoms with E-state index in [-0.39, 0.29) is 0 Å². The molecular formula is C19H18FN5O. The van der Waals surface area contributed by atoms with Gasteiger partial charge in [0.05, 0.1) is 24.4 Å². The van der Waals surface area contributed by atoms with Crippen LogP contribution in [0, 0.1) is 6.92 Å². The van der Waals surface area contributed by atoms with Gasteiger partial charge in [-0.25, -0.2) is 14.4 Å². The number of hydrogen-bond donors (Lipinski definition) is 1. The number of aromatic nitrogens is 2. The molecule has 0 aliphatic carbocycles. The number of ether oxygens (including phenoxy) is 1. The molecule has 0 radical (unpaired) electrons. The second kappa shape index (κ2) is 6.18. The van der Waals surface area contributed by atoms with Gasteiger partial charge in [0.15, 0.2) is 5.83 Å². The largest absolute Gasteiger partial charge is 0.497 e. The number of anilines is 2. The fourth-order valence-electron chi connectivity index (χ4n) is 3.12. The molecule has 0 bridgehead atoms. The quantitative estimate of drug-likeness (QED) is 0.729. The van der Waals surface area contributed by atoms with Crippen LogP contribution in [0.4, 0.5) is 15.8 Å². The standard InChI is InChI=1S/C19H18FN5O/c1-12-23-17-8-3-14(21)9-18(17)25(12)19-22-10-13(20)11-24(19)15-4-6-16(26-2)7-5-15/h3-11,19H,21H2,1-2H3. The number of halogens is 1. The molecule has 2 heterocycles. The minimum absolute atomic E-state index is 0.418. The number of rotatable bonds is 3. The highest BCUT2D eigenvalue weighted by atomic mass is 19.1. The minimum atomic E-state index is -0.505. The molecule has 4 rings (SSSR count). The first-order valence-electron chi connectivity index (χ1n) is 8.14. The Morgan fingerprint density at radius 1 is 1.15 bits per heavy atom. The summed E-state index contributed by atoms with van der Waals surface area (Å²) in [6, 6.07) is 12.9. The van der Waals surface area contributed by atoms with Crippen LogP contribution >= 0.6 is 0 Å². The van der Waals surface area contributed by atoms with E-state index < -0.39 is 12.1 Å². The van der Waals surface area contributed by atoms with Crippen LogP contribution in [0.1, 0.15) is 12.1 Å². The van der Waals surface area contributed by atoms with Crippen LogP contribution in [0.15, 0.2) is 59.5 Å². The van der Waals surface area contributed by atoms with Crippen molar-refractivity contribution in [2.75, 3.05) is 17.7 Å². The smallest absolute Gasteiger partial charge is 0.208 e. The summed E-state index contributed by atoms with van der Waals surface area (Å²) in [6.07, 6.45) is 2.15. The number of nitrogen functional groups attached to an aromatic ring is 1. The van der Waals surface area contributed by atoms with E-state index in [2.05, 4.69) is 9.98 Å². The predicted molar refractivity (Wildman–Crippen MR) is 101 cm³/mol. The molecule has 132 valence electrons. The number of nitrogens with two attached hydrogens (primary N) is 1. The number of allylic oxidation sites excluding steroid dienone is 1. The van der Waals surface area contributed by atoms with Crippen molar-refractivity contribution in [2.45, 2.75) is 13.2 Å². The first kappa shape index (κ1) is 16.1. The first-order chi connectivity index (χ1) is 12.6. The van der Waals surface area contributed by atoms with Gasteiger partial charge in [0.25, 0.3) is 0 Å². The Morgan fingerprint density at radius 2 is 1.92 bits per heavy atom. The van der Waals surface area contributed by atoms with Gasteiger partial charge in [-0.1, -0.05) is 0 Å². The number of nitrogens with zero attached hydrogens (tertiary/aromatic N) is 4. The Hall–Kier alpha value is -3.35. The summed E-state index contributed by atoms with van der Waals surface area (Å²) >= 11 is 0. The summed E-state index contributed by atoms with van der Waals surface area (Å²) < 4.78 is 21.1. The van der Waals surface area contributed by atoms with Gasteiger partial charge in [0.1, 0.15) is 11.6 Å². The van der Waals surface area contributed by atoms with Crippen LogP contribution in [-0.4, -0.2) is 22.9 Å². The summed E-state index contributed by atoms with van der Waals surface area (Å²) in [5.74, 6) is 1.08. The molecule has 1 aliphatic rings. The summed E-state index contributed by atoms with van der Waals surface area (Å²) in [7, 11) is 1.61. The summed E-state index contributed by atoms with van der Waals surface area (Å²) in [5, 5.41) is 0. The number of imidazole rings is 1. The van der Waals surface area contributed by atoms with Gasteiger partial charge < -0.3 is 15.4 Å². The van der Waals surface area contributed by atoms with Crippen LogP contribution in [0.3, 0.4) is 0 Å². The van der Waals surface area contributed by atoms with E-state index in [9.17, 15) is 4.39 Å². The van der Waals surface area contributed by atoms with E-state index in [0.717, 1.165) is 28.3 Å². The maximum atomic E-state index is 14.0. The SMILES string of the molecule is COc1ccc(N2C=C(F)C=NC2n2c(C)nc3ccc(N)cc32)cc1. The number of fused-ring (bicyclic) bond motifs is 1. The highest BCUT2D eigenvalue weighted by Crippen LogP contribution is 2.33. The molecule has 3 aromatic rings. The molecule has 0 fully saturated rings. The molecular weight excluding hydrogens is 333 g/mol. The van der Waals surface area contributed by atoms with Gasteiger partial charge in [-0.05, 0) is 49.4 Å². The van der Waals surface area contributed by atoms with Gasteiger partial charge in [-0.2, -0.15) is 0 Å². The summed E-state index contributed by atoms with van der Waals surface area (Å²) in [4.78, 5) is 10.7. The van der Waals surface area contributed by atoms with Crippen LogP contribution < -0.4 is 15.4 Å². The highest BCUT2D eigenvalue weighted by molar-refractivity contribution is 5.82. The molecule has 2 aromatic carbocycles. The molecule has 1 aliphatic heterocycles. The Bertz CT molecular complexity index is 1020. The van der Waals surface area contributed by atoms with E-state index in [1.54, 1.807) is 12.0 Å². The Balaban J connectivity index is 1.85. The molecule has 0 saturated heterocycles. The average Bonchev–Trinajstić information content (AvgIpc) is 2.97. The Morgan fingerprint density at radius 3 is 2.65 bits per heavy atom. The molecule has 1 unspecified atom stereocenters. The van der Waals surface area contributed by atoms with Crippen molar-refractivity contribution < 1.29 is 9.13 Å². The molecule has 0 spiro atoms. The summed E-state index contributed by atoms with van der Waals surface area (Å²) in [5.41, 5.74) is 9.04. The van der Waals surface area contributed by atoms with Gasteiger partial charge in [0.2, 0.25) is 6.29 Å². The zero-order chi connectivity index (χ0) is 18.3. The van der Waals surface area contributed by atoms with E-state index in [1.165, 1.54) is 12.4 Å². The lowest BCUT2D eigenvalue weighted by Gasteiger charge is -2.31. The van der Waals surface area contributed by atoms with E-state index in [0.29, 0.717) is 5.69 Å². The third-order valence-electron chi connectivity index (χ3n) is 4.33. The minimum Gasteiger partial charge on any atom is -0.497 e. The maximum absolute atomic E-state index is 14.0.